The van der Waals surface area contributed by atoms with E-state index in [1.54, 1.807) is 24.3 Å². The number of benzene rings is 1. The van der Waals surface area contributed by atoms with Crippen LogP contribution in [0.4, 0.5) is 0 Å². The second-order valence-electron chi connectivity index (χ2n) is 5.96. The zero-order chi connectivity index (χ0) is 17.2. The van der Waals surface area contributed by atoms with Crippen molar-refractivity contribution in [2.24, 2.45) is 5.92 Å². The first kappa shape index (κ1) is 16.9. The summed E-state index contributed by atoms with van der Waals surface area (Å²) in [4.78, 5) is 0.253. The summed E-state index contributed by atoms with van der Waals surface area (Å²) in [6.45, 7) is 5.51. The monoisotopic (exact) mass is 350 g/mol. The van der Waals surface area contributed by atoms with Crippen LogP contribution in [-0.2, 0) is 23.2 Å². The number of nitrogens with zero attached hydrogens (tertiary/aromatic N) is 3. The third kappa shape index (κ3) is 3.93. The van der Waals surface area contributed by atoms with Crippen LogP contribution in [-0.4, -0.2) is 29.7 Å². The zero-order valence-electron chi connectivity index (χ0n) is 13.9. The van der Waals surface area contributed by atoms with E-state index in [0.717, 1.165) is 31.0 Å². The number of ether oxygens (including phenoxy) is 1. The highest BCUT2D eigenvalue weighted by Gasteiger charge is 2.24. The fraction of sp³-hybridized carbons (Fsp3) is 0.500. The van der Waals surface area contributed by atoms with E-state index in [9.17, 15) is 8.42 Å². The molecule has 24 heavy (non-hydrogen) atoms. The molecule has 130 valence electrons. The normalized spacial score (nSPS) is 14.8. The zero-order valence-corrected chi connectivity index (χ0v) is 14.7. The molecule has 1 saturated carbocycles. The quantitative estimate of drug-likeness (QED) is 0.785. The lowest BCUT2D eigenvalue weighted by Crippen LogP contribution is -2.25. The minimum Gasteiger partial charge on any atom is -0.486 e. The minimum absolute atomic E-state index is 0.253. The SMILES string of the molecule is CCn1c(C)nnc1COc1ccc(S(=O)(=O)NCC2CC2)cc1. The molecule has 1 N–H and O–H groups in total. The summed E-state index contributed by atoms with van der Waals surface area (Å²) in [6.07, 6.45) is 2.22. The number of rotatable bonds is 8. The molecule has 0 bridgehead atoms. The minimum atomic E-state index is -3.44. The van der Waals surface area contributed by atoms with E-state index in [0.29, 0.717) is 24.8 Å². The molecule has 0 spiro atoms. The Hall–Kier alpha value is -1.93. The molecule has 8 heteroatoms. The number of nitrogens with one attached hydrogen (secondary N) is 1. The van der Waals surface area contributed by atoms with Gasteiger partial charge in [-0.15, -0.1) is 10.2 Å². The van der Waals surface area contributed by atoms with Gasteiger partial charge in [-0.1, -0.05) is 0 Å². The van der Waals surface area contributed by atoms with Gasteiger partial charge in [0, 0.05) is 13.1 Å². The molecule has 1 aliphatic rings. The molecular formula is C16H22N4O3S. The Morgan fingerprint density at radius 1 is 1.25 bits per heavy atom. The number of aromatic nitrogens is 3. The Bertz CT molecular complexity index is 795. The molecular weight excluding hydrogens is 328 g/mol. The molecule has 1 heterocycles. The van der Waals surface area contributed by atoms with Gasteiger partial charge in [0.05, 0.1) is 4.90 Å². The highest BCUT2D eigenvalue weighted by atomic mass is 32.2. The molecule has 0 unspecified atom stereocenters. The van der Waals surface area contributed by atoms with E-state index in [1.807, 2.05) is 18.4 Å². The van der Waals surface area contributed by atoms with Gasteiger partial charge in [0.25, 0.3) is 0 Å². The maximum atomic E-state index is 12.2. The molecule has 0 saturated heterocycles. The van der Waals surface area contributed by atoms with Gasteiger partial charge in [-0.2, -0.15) is 0 Å². The van der Waals surface area contributed by atoms with Crippen molar-refractivity contribution in [2.75, 3.05) is 6.54 Å². The molecule has 0 aliphatic heterocycles. The van der Waals surface area contributed by atoms with Crippen LogP contribution in [0.1, 0.15) is 31.4 Å². The van der Waals surface area contributed by atoms with Crippen LogP contribution in [0.5, 0.6) is 5.75 Å². The van der Waals surface area contributed by atoms with Gasteiger partial charge in [-0.05, 0) is 56.9 Å². The van der Waals surface area contributed by atoms with Crippen LogP contribution in [0.25, 0.3) is 0 Å². The van der Waals surface area contributed by atoms with Crippen LogP contribution in [0.3, 0.4) is 0 Å². The Balaban J connectivity index is 1.61. The second kappa shape index (κ2) is 6.90. The van der Waals surface area contributed by atoms with Gasteiger partial charge in [0.1, 0.15) is 18.2 Å². The molecule has 1 aromatic heterocycles. The van der Waals surface area contributed by atoms with E-state index < -0.39 is 10.0 Å². The third-order valence-corrected chi connectivity index (χ3v) is 5.53. The molecule has 2 aromatic rings. The molecule has 1 aromatic carbocycles. The van der Waals surface area contributed by atoms with Gasteiger partial charge in [-0.3, -0.25) is 0 Å². The molecule has 0 atom stereocenters. The molecule has 7 nitrogen and oxygen atoms in total. The maximum absolute atomic E-state index is 12.2. The predicted molar refractivity (Wildman–Crippen MR) is 89.1 cm³/mol. The van der Waals surface area contributed by atoms with Gasteiger partial charge >= 0.3 is 0 Å². The number of aryl methyl sites for hydroxylation is 1. The summed E-state index contributed by atoms with van der Waals surface area (Å²) in [5, 5.41) is 8.12. The number of sulfonamides is 1. The third-order valence-electron chi connectivity index (χ3n) is 4.09. The number of hydrogen-bond acceptors (Lipinski definition) is 5. The van der Waals surface area contributed by atoms with Gasteiger partial charge < -0.3 is 9.30 Å². The maximum Gasteiger partial charge on any atom is 0.240 e. The predicted octanol–water partition coefficient (Wildman–Crippen LogP) is 1.87. The molecule has 3 rings (SSSR count). The first-order valence-electron chi connectivity index (χ1n) is 8.11. The highest BCUT2D eigenvalue weighted by Crippen LogP contribution is 2.28. The van der Waals surface area contributed by atoms with Crippen LogP contribution in [0, 0.1) is 12.8 Å². The van der Waals surface area contributed by atoms with Crippen molar-refractivity contribution >= 4 is 10.0 Å². The fourth-order valence-corrected chi connectivity index (χ4v) is 3.55. The highest BCUT2D eigenvalue weighted by molar-refractivity contribution is 7.89. The van der Waals surface area contributed by atoms with Gasteiger partial charge in [0.2, 0.25) is 10.0 Å². The standard InChI is InChI=1S/C16H22N4O3S/c1-3-20-12(2)18-19-16(20)11-23-14-6-8-15(9-7-14)24(21,22)17-10-13-4-5-13/h6-9,13,17H,3-5,10-11H2,1-2H3. The average Bonchev–Trinajstić information content (AvgIpc) is 3.34. The van der Waals surface area contributed by atoms with Crippen molar-refractivity contribution in [1.29, 1.82) is 0 Å². The number of hydrogen-bond donors (Lipinski definition) is 1. The smallest absolute Gasteiger partial charge is 0.240 e. The van der Waals surface area contributed by atoms with E-state index in [2.05, 4.69) is 14.9 Å². The lowest BCUT2D eigenvalue weighted by atomic mass is 10.3. The Labute approximate surface area is 142 Å². The topological polar surface area (TPSA) is 86.1 Å². The average molecular weight is 350 g/mol. The Kier molecular flexibility index (Phi) is 4.86. The van der Waals surface area contributed by atoms with Crippen molar-refractivity contribution in [3.8, 4) is 5.75 Å². The molecule has 1 aliphatic carbocycles. The largest absolute Gasteiger partial charge is 0.486 e. The summed E-state index contributed by atoms with van der Waals surface area (Å²) in [5.41, 5.74) is 0. The van der Waals surface area contributed by atoms with Crippen molar-refractivity contribution in [1.82, 2.24) is 19.5 Å². The van der Waals surface area contributed by atoms with Crippen LogP contribution in [0.2, 0.25) is 0 Å². The molecule has 1 fully saturated rings. The Morgan fingerprint density at radius 2 is 1.96 bits per heavy atom. The summed E-state index contributed by atoms with van der Waals surface area (Å²) in [5.74, 6) is 2.69. The lowest BCUT2D eigenvalue weighted by Gasteiger charge is -2.09. The van der Waals surface area contributed by atoms with Gasteiger partial charge in [0.15, 0.2) is 5.82 Å². The van der Waals surface area contributed by atoms with Crippen molar-refractivity contribution in [3.05, 3.63) is 35.9 Å². The first-order chi connectivity index (χ1) is 11.5. The van der Waals surface area contributed by atoms with Gasteiger partial charge in [-0.25, -0.2) is 13.1 Å². The fourth-order valence-electron chi connectivity index (χ4n) is 2.44. The second-order valence-corrected chi connectivity index (χ2v) is 7.73. The van der Waals surface area contributed by atoms with E-state index in [4.69, 9.17) is 4.74 Å². The van der Waals surface area contributed by atoms with Crippen LogP contribution < -0.4 is 9.46 Å². The summed E-state index contributed by atoms with van der Waals surface area (Å²) >= 11 is 0. The molecule has 0 radical (unpaired) electrons. The summed E-state index contributed by atoms with van der Waals surface area (Å²) < 4.78 is 34.6. The summed E-state index contributed by atoms with van der Waals surface area (Å²) in [6, 6.07) is 6.43. The van der Waals surface area contributed by atoms with E-state index in [1.165, 1.54) is 0 Å². The van der Waals surface area contributed by atoms with E-state index >= 15 is 0 Å². The summed E-state index contributed by atoms with van der Waals surface area (Å²) in [7, 11) is -3.44. The van der Waals surface area contributed by atoms with Crippen molar-refractivity contribution < 1.29 is 13.2 Å². The lowest BCUT2D eigenvalue weighted by molar-refractivity contribution is 0.289. The van der Waals surface area contributed by atoms with Crippen molar-refractivity contribution in [2.45, 2.75) is 44.7 Å². The first-order valence-corrected chi connectivity index (χ1v) is 9.59. The van der Waals surface area contributed by atoms with E-state index in [-0.39, 0.29) is 4.90 Å². The Morgan fingerprint density at radius 3 is 2.58 bits per heavy atom. The van der Waals surface area contributed by atoms with Crippen LogP contribution >= 0.6 is 0 Å². The molecule has 0 amide bonds. The van der Waals surface area contributed by atoms with Crippen molar-refractivity contribution in [3.63, 3.8) is 0 Å². The van der Waals surface area contributed by atoms with Crippen LogP contribution in [0.15, 0.2) is 29.2 Å².